The van der Waals surface area contributed by atoms with Gasteiger partial charge in [0.25, 0.3) is 0 Å². The first-order valence-electron chi connectivity index (χ1n) is 10.4. The minimum Gasteiger partial charge on any atom is -0.508 e. The molecule has 1 aliphatic rings. The van der Waals surface area contributed by atoms with Gasteiger partial charge >= 0.3 is 0 Å². The maximum atomic E-state index is 14.4. The molecule has 2 N–H and O–H groups in total. The number of aromatic hydroxyl groups is 1. The first kappa shape index (κ1) is 21.1. The maximum absolute atomic E-state index is 14.4. The van der Waals surface area contributed by atoms with Gasteiger partial charge in [-0.1, -0.05) is 0 Å². The van der Waals surface area contributed by atoms with Crippen LogP contribution >= 0.6 is 0 Å². The summed E-state index contributed by atoms with van der Waals surface area (Å²) in [5.74, 6) is 1.63. The molecule has 3 aromatic rings. The van der Waals surface area contributed by atoms with Crippen LogP contribution in [-0.4, -0.2) is 53.8 Å². The smallest absolute Gasteiger partial charge is 0.163 e. The lowest BCUT2D eigenvalue weighted by molar-refractivity contribution is 0.157. The molecule has 0 spiro atoms. The number of fused-ring (bicyclic) bond motifs is 1. The number of likely N-dealkylation sites (tertiary alicyclic amines) is 1. The lowest BCUT2D eigenvalue weighted by Gasteiger charge is -2.28. The summed E-state index contributed by atoms with van der Waals surface area (Å²) in [6.45, 7) is 4.42. The molecule has 1 aliphatic heterocycles. The Balaban J connectivity index is 1.62. The van der Waals surface area contributed by atoms with Crippen molar-refractivity contribution in [3.63, 3.8) is 0 Å². The topological polar surface area (TPSA) is 79.7 Å². The zero-order chi connectivity index (χ0) is 22.0. The monoisotopic (exact) mass is 426 g/mol. The van der Waals surface area contributed by atoms with E-state index in [0.717, 1.165) is 25.9 Å². The molecule has 164 valence electrons. The van der Waals surface area contributed by atoms with Crippen molar-refractivity contribution in [3.05, 3.63) is 42.0 Å². The molecule has 0 atom stereocenters. The van der Waals surface area contributed by atoms with E-state index in [4.69, 9.17) is 9.47 Å². The summed E-state index contributed by atoms with van der Waals surface area (Å²) >= 11 is 0. The molecule has 0 saturated carbocycles. The summed E-state index contributed by atoms with van der Waals surface area (Å²) in [7, 11) is 3.72. The number of aromatic nitrogens is 2. The Morgan fingerprint density at radius 3 is 2.71 bits per heavy atom. The number of nitrogens with zero attached hydrogens (tertiary/aromatic N) is 3. The average molecular weight is 426 g/mol. The molecule has 1 fully saturated rings. The predicted molar refractivity (Wildman–Crippen MR) is 118 cm³/mol. The minimum atomic E-state index is -0.480. The van der Waals surface area contributed by atoms with E-state index in [1.165, 1.54) is 18.5 Å². The molecule has 2 heterocycles. The molecule has 7 nitrogen and oxygen atoms in total. The van der Waals surface area contributed by atoms with Crippen molar-refractivity contribution in [3.8, 4) is 17.2 Å². The van der Waals surface area contributed by atoms with Gasteiger partial charge in [-0.3, -0.25) is 0 Å². The second-order valence-electron chi connectivity index (χ2n) is 7.99. The summed E-state index contributed by atoms with van der Waals surface area (Å²) in [5.41, 5.74) is 1.22. The molecular formula is C23H27FN4O3. The number of nitrogens with one attached hydrogen (secondary N) is 1. The van der Waals surface area contributed by atoms with E-state index >= 15 is 0 Å². The molecule has 0 radical (unpaired) electrons. The van der Waals surface area contributed by atoms with Crippen molar-refractivity contribution in [1.82, 2.24) is 14.9 Å². The first-order chi connectivity index (χ1) is 15.0. The number of anilines is 2. The van der Waals surface area contributed by atoms with Crippen LogP contribution in [0.3, 0.4) is 0 Å². The fourth-order valence-electron chi connectivity index (χ4n) is 3.81. The lowest BCUT2D eigenvalue weighted by atomic mass is 9.98. The van der Waals surface area contributed by atoms with Gasteiger partial charge in [0.1, 0.15) is 23.7 Å². The van der Waals surface area contributed by atoms with E-state index < -0.39 is 5.82 Å². The number of phenols is 1. The number of piperidine rings is 1. The minimum absolute atomic E-state index is 0.00411. The molecule has 0 bridgehead atoms. The zero-order valence-corrected chi connectivity index (χ0v) is 18.0. The van der Waals surface area contributed by atoms with Gasteiger partial charge in [0.15, 0.2) is 11.5 Å². The van der Waals surface area contributed by atoms with Gasteiger partial charge in [0.05, 0.1) is 24.9 Å². The fraction of sp³-hybridized carbons (Fsp3) is 0.391. The normalized spacial score (nSPS) is 15.2. The number of hydrogen-bond donors (Lipinski definition) is 2. The highest BCUT2D eigenvalue weighted by atomic mass is 19.1. The summed E-state index contributed by atoms with van der Waals surface area (Å²) in [4.78, 5) is 11.0. The highest BCUT2D eigenvalue weighted by Gasteiger charge is 2.19. The third-order valence-electron chi connectivity index (χ3n) is 5.86. The largest absolute Gasteiger partial charge is 0.508 e. The van der Waals surface area contributed by atoms with Crippen LogP contribution in [0.1, 0.15) is 18.4 Å². The molecule has 4 rings (SSSR count). The van der Waals surface area contributed by atoms with Gasteiger partial charge in [0, 0.05) is 17.0 Å². The Labute approximate surface area is 180 Å². The van der Waals surface area contributed by atoms with Crippen LogP contribution in [0.2, 0.25) is 0 Å². The van der Waals surface area contributed by atoms with Gasteiger partial charge in [-0.25, -0.2) is 14.4 Å². The number of hydrogen-bond acceptors (Lipinski definition) is 7. The number of phenolic OH excluding ortho intramolecular Hbond substituents is 1. The summed E-state index contributed by atoms with van der Waals surface area (Å²) in [6, 6.07) is 6.15. The van der Waals surface area contributed by atoms with E-state index in [-0.39, 0.29) is 11.4 Å². The van der Waals surface area contributed by atoms with Gasteiger partial charge < -0.3 is 24.8 Å². The second-order valence-corrected chi connectivity index (χ2v) is 7.99. The van der Waals surface area contributed by atoms with E-state index in [0.29, 0.717) is 46.3 Å². The van der Waals surface area contributed by atoms with Crippen molar-refractivity contribution in [2.24, 2.45) is 5.92 Å². The Morgan fingerprint density at radius 1 is 1.19 bits per heavy atom. The maximum Gasteiger partial charge on any atom is 0.163 e. The van der Waals surface area contributed by atoms with Crippen LogP contribution in [0.5, 0.6) is 17.2 Å². The Bertz CT molecular complexity index is 1080. The molecular weight excluding hydrogens is 399 g/mol. The van der Waals surface area contributed by atoms with E-state index in [1.54, 1.807) is 20.1 Å². The number of halogens is 1. The average Bonchev–Trinajstić information content (AvgIpc) is 2.78. The van der Waals surface area contributed by atoms with Gasteiger partial charge in [-0.2, -0.15) is 0 Å². The molecule has 2 aromatic carbocycles. The summed E-state index contributed by atoms with van der Waals surface area (Å²) < 4.78 is 26.0. The first-order valence-corrected chi connectivity index (χ1v) is 10.4. The quantitative estimate of drug-likeness (QED) is 0.610. The van der Waals surface area contributed by atoms with Gasteiger partial charge in [-0.15, -0.1) is 0 Å². The third kappa shape index (κ3) is 4.49. The SMILES string of the molecule is COc1cc2c(Nc3c(F)ccc(O)c3C)ncnc2cc1OCC1CCN(C)CC1. The van der Waals surface area contributed by atoms with Crippen molar-refractivity contribution in [2.45, 2.75) is 19.8 Å². The zero-order valence-electron chi connectivity index (χ0n) is 18.0. The third-order valence-corrected chi connectivity index (χ3v) is 5.86. The highest BCUT2D eigenvalue weighted by molar-refractivity contribution is 5.93. The van der Waals surface area contributed by atoms with Crippen molar-refractivity contribution >= 4 is 22.4 Å². The lowest BCUT2D eigenvalue weighted by Crippen LogP contribution is -2.32. The van der Waals surface area contributed by atoms with Crippen LogP contribution < -0.4 is 14.8 Å². The molecule has 0 amide bonds. The van der Waals surface area contributed by atoms with Gasteiger partial charge in [-0.05, 0) is 64.0 Å². The fourth-order valence-corrected chi connectivity index (χ4v) is 3.81. The highest BCUT2D eigenvalue weighted by Crippen LogP contribution is 2.37. The molecule has 31 heavy (non-hydrogen) atoms. The van der Waals surface area contributed by atoms with Gasteiger partial charge in [0.2, 0.25) is 0 Å². The second kappa shape index (κ2) is 8.93. The molecule has 0 unspecified atom stereocenters. The van der Waals surface area contributed by atoms with Crippen LogP contribution in [-0.2, 0) is 0 Å². The van der Waals surface area contributed by atoms with Crippen LogP contribution in [0, 0.1) is 18.7 Å². The van der Waals surface area contributed by atoms with Crippen LogP contribution in [0.4, 0.5) is 15.9 Å². The summed E-state index contributed by atoms with van der Waals surface area (Å²) in [5, 5.41) is 13.6. The molecule has 1 saturated heterocycles. The molecule has 1 aromatic heterocycles. The Kier molecular flexibility index (Phi) is 6.08. The number of ether oxygens (including phenoxy) is 2. The number of benzene rings is 2. The summed E-state index contributed by atoms with van der Waals surface area (Å²) in [6.07, 6.45) is 3.63. The van der Waals surface area contributed by atoms with Crippen molar-refractivity contribution in [1.29, 1.82) is 0 Å². The Hall–Kier alpha value is -3.13. The van der Waals surface area contributed by atoms with E-state index in [1.807, 2.05) is 6.07 Å². The van der Waals surface area contributed by atoms with Crippen molar-refractivity contribution in [2.75, 3.05) is 39.2 Å². The molecule has 8 heteroatoms. The molecule has 0 aliphatic carbocycles. The number of rotatable bonds is 6. The van der Waals surface area contributed by atoms with Crippen molar-refractivity contribution < 1.29 is 19.0 Å². The Morgan fingerprint density at radius 2 is 1.97 bits per heavy atom. The van der Waals surface area contributed by atoms with E-state index in [9.17, 15) is 9.50 Å². The standard InChI is InChI=1S/C23H27FN4O3/c1-14-19(29)5-4-17(24)22(14)27-23-16-10-20(30-3)21(11-18(16)25-13-26-23)31-12-15-6-8-28(2)9-7-15/h4-5,10-11,13,15,29H,6-9,12H2,1-3H3,(H,25,26,27). The van der Waals surface area contributed by atoms with Crippen LogP contribution in [0.15, 0.2) is 30.6 Å². The van der Waals surface area contributed by atoms with Crippen LogP contribution in [0.25, 0.3) is 10.9 Å². The number of methoxy groups -OCH3 is 1. The van der Waals surface area contributed by atoms with E-state index in [2.05, 4.69) is 27.2 Å². The predicted octanol–water partition coefficient (Wildman–Crippen LogP) is 4.26.